The lowest BCUT2D eigenvalue weighted by Crippen LogP contribution is -2.48. The standard InChI is InChI=1S/C29H28ClFN6O/c30-20-3-1-2-18(8-20)24-11-25(24)29(38)35-27-10-22(6-7-32-27)33-12-23-16-37-13-19(17-4-5-17)9-26(28(37)34-23)36-14-21(31)15-36/h1-3,6-10,13,16-17,21,24-25H,4-5,11-12,14-15H2,(H2,32,33,35,38)/t24-,25+/m1/s1. The number of pyridine rings is 2. The fraction of sp³-hybridized carbons (Fsp3) is 0.345. The van der Waals surface area contributed by atoms with Gasteiger partial charge in [0.1, 0.15) is 12.0 Å². The highest BCUT2D eigenvalue weighted by Crippen LogP contribution is 2.48. The molecule has 7 rings (SSSR count). The fourth-order valence-electron chi connectivity index (χ4n) is 5.34. The van der Waals surface area contributed by atoms with Crippen LogP contribution in [0.2, 0.25) is 5.02 Å². The number of hydrogen-bond acceptors (Lipinski definition) is 5. The number of alkyl halides is 1. The maximum absolute atomic E-state index is 13.6. The van der Waals surface area contributed by atoms with Gasteiger partial charge in [-0.15, -0.1) is 0 Å². The van der Waals surface area contributed by atoms with Crippen LogP contribution in [0, 0.1) is 5.92 Å². The largest absolute Gasteiger partial charge is 0.379 e. The van der Waals surface area contributed by atoms with Gasteiger partial charge >= 0.3 is 0 Å². The summed E-state index contributed by atoms with van der Waals surface area (Å²) in [6.07, 6.45) is 8.35. The number of amides is 1. The van der Waals surface area contributed by atoms with E-state index < -0.39 is 6.17 Å². The number of anilines is 3. The molecule has 2 atom stereocenters. The van der Waals surface area contributed by atoms with Crippen molar-refractivity contribution in [2.45, 2.75) is 43.8 Å². The molecule has 7 nitrogen and oxygen atoms in total. The highest BCUT2D eigenvalue weighted by atomic mass is 35.5. The summed E-state index contributed by atoms with van der Waals surface area (Å²) in [4.78, 5) is 24.1. The first-order chi connectivity index (χ1) is 18.5. The van der Waals surface area contributed by atoms with Crippen LogP contribution in [0.3, 0.4) is 0 Å². The van der Waals surface area contributed by atoms with Crippen molar-refractivity contribution in [1.29, 1.82) is 0 Å². The summed E-state index contributed by atoms with van der Waals surface area (Å²) >= 11 is 6.11. The van der Waals surface area contributed by atoms with Crippen LogP contribution in [0.25, 0.3) is 5.65 Å². The summed E-state index contributed by atoms with van der Waals surface area (Å²) in [6.45, 7) is 1.37. The van der Waals surface area contributed by atoms with E-state index in [0.29, 0.717) is 36.4 Å². The molecule has 2 N–H and O–H groups in total. The van der Waals surface area contributed by atoms with E-state index in [2.05, 4.69) is 37.2 Å². The van der Waals surface area contributed by atoms with Crippen LogP contribution in [0.5, 0.6) is 0 Å². The van der Waals surface area contributed by atoms with Crippen LogP contribution in [-0.4, -0.2) is 39.5 Å². The Morgan fingerprint density at radius 2 is 1.97 bits per heavy atom. The van der Waals surface area contributed by atoms with Gasteiger partial charge in [0, 0.05) is 41.3 Å². The van der Waals surface area contributed by atoms with Crippen LogP contribution in [0.4, 0.5) is 21.6 Å². The molecule has 194 valence electrons. The second kappa shape index (κ2) is 9.27. The Morgan fingerprint density at radius 3 is 2.76 bits per heavy atom. The third-order valence-corrected chi connectivity index (χ3v) is 7.95. The molecule has 0 unspecified atom stereocenters. The Balaban J connectivity index is 1.02. The summed E-state index contributed by atoms with van der Waals surface area (Å²) in [6, 6.07) is 13.6. The number of imidazole rings is 1. The molecule has 0 bridgehead atoms. The molecule has 38 heavy (non-hydrogen) atoms. The van der Waals surface area contributed by atoms with Gasteiger partial charge in [-0.3, -0.25) is 4.79 Å². The van der Waals surface area contributed by atoms with Crippen molar-refractivity contribution in [1.82, 2.24) is 14.4 Å². The van der Waals surface area contributed by atoms with Gasteiger partial charge in [-0.1, -0.05) is 23.7 Å². The minimum atomic E-state index is -0.764. The van der Waals surface area contributed by atoms with Crippen molar-refractivity contribution in [3.63, 3.8) is 0 Å². The number of fused-ring (bicyclic) bond motifs is 1. The summed E-state index contributed by atoms with van der Waals surface area (Å²) in [5.74, 6) is 1.22. The average molecular weight is 531 g/mol. The minimum absolute atomic E-state index is 0.0273. The number of carbonyl (C=O) groups excluding carboxylic acids is 1. The molecule has 0 spiro atoms. The predicted octanol–water partition coefficient (Wildman–Crippen LogP) is 5.77. The van der Waals surface area contributed by atoms with Crippen LogP contribution >= 0.6 is 11.6 Å². The lowest BCUT2D eigenvalue weighted by molar-refractivity contribution is -0.117. The molecular weight excluding hydrogens is 503 g/mol. The Labute approximate surface area is 225 Å². The normalized spacial score (nSPS) is 20.8. The van der Waals surface area contributed by atoms with Crippen LogP contribution in [0.1, 0.15) is 47.9 Å². The molecule has 9 heteroatoms. The van der Waals surface area contributed by atoms with Gasteiger partial charge in [0.15, 0.2) is 5.65 Å². The number of halogens is 2. The van der Waals surface area contributed by atoms with Gasteiger partial charge in [-0.25, -0.2) is 14.4 Å². The number of carbonyl (C=O) groups is 1. The van der Waals surface area contributed by atoms with E-state index >= 15 is 0 Å². The lowest BCUT2D eigenvalue weighted by Gasteiger charge is -2.36. The number of hydrogen-bond donors (Lipinski definition) is 2. The van der Waals surface area contributed by atoms with Crippen molar-refractivity contribution >= 4 is 40.3 Å². The summed E-state index contributed by atoms with van der Waals surface area (Å²) in [7, 11) is 0. The van der Waals surface area contributed by atoms with E-state index in [1.54, 1.807) is 6.20 Å². The van der Waals surface area contributed by atoms with Gasteiger partial charge in [0.2, 0.25) is 5.91 Å². The molecule has 4 aromatic rings. The van der Waals surface area contributed by atoms with Gasteiger partial charge in [0.05, 0.1) is 31.0 Å². The number of nitrogens with zero attached hydrogens (tertiary/aromatic N) is 4. The molecule has 4 heterocycles. The third-order valence-electron chi connectivity index (χ3n) is 7.72. The summed E-state index contributed by atoms with van der Waals surface area (Å²) < 4.78 is 15.7. The molecule has 1 amide bonds. The van der Waals surface area contributed by atoms with Gasteiger partial charge in [-0.2, -0.15) is 0 Å². The first kappa shape index (κ1) is 23.5. The Hall–Kier alpha value is -3.65. The van der Waals surface area contributed by atoms with E-state index in [0.717, 1.165) is 34.7 Å². The Kier molecular flexibility index (Phi) is 5.73. The lowest BCUT2D eigenvalue weighted by atomic mass is 10.1. The molecule has 2 aliphatic carbocycles. The molecule has 1 aliphatic heterocycles. The van der Waals surface area contributed by atoms with Crippen LogP contribution < -0.4 is 15.5 Å². The molecule has 1 aromatic carbocycles. The van der Waals surface area contributed by atoms with Crippen molar-refractivity contribution in [3.05, 3.63) is 82.9 Å². The molecular formula is C29H28ClFN6O. The summed E-state index contributed by atoms with van der Waals surface area (Å²) in [5.41, 5.74) is 6.01. The second-order valence-electron chi connectivity index (χ2n) is 10.7. The van der Waals surface area contributed by atoms with E-state index in [1.165, 1.54) is 18.4 Å². The summed E-state index contributed by atoms with van der Waals surface area (Å²) in [5, 5.41) is 7.05. The number of nitrogens with one attached hydrogen (secondary N) is 2. The second-order valence-corrected chi connectivity index (χ2v) is 11.1. The predicted molar refractivity (Wildman–Crippen MR) is 147 cm³/mol. The molecule has 2 saturated carbocycles. The number of benzene rings is 1. The first-order valence-corrected chi connectivity index (χ1v) is 13.5. The Morgan fingerprint density at radius 1 is 1.11 bits per heavy atom. The molecule has 3 aliphatic rings. The maximum Gasteiger partial charge on any atom is 0.229 e. The number of rotatable bonds is 8. The van der Waals surface area contributed by atoms with Crippen molar-refractivity contribution in [2.75, 3.05) is 28.6 Å². The zero-order chi connectivity index (χ0) is 25.8. The highest BCUT2D eigenvalue weighted by molar-refractivity contribution is 6.30. The van der Waals surface area contributed by atoms with Crippen molar-refractivity contribution < 1.29 is 9.18 Å². The van der Waals surface area contributed by atoms with Gasteiger partial charge < -0.3 is 19.9 Å². The van der Waals surface area contributed by atoms with E-state index in [9.17, 15) is 9.18 Å². The maximum atomic E-state index is 13.6. The number of aromatic nitrogens is 3. The smallest absolute Gasteiger partial charge is 0.229 e. The molecule has 3 aromatic heterocycles. The topological polar surface area (TPSA) is 74.6 Å². The van der Waals surface area contributed by atoms with Crippen molar-refractivity contribution in [2.24, 2.45) is 5.92 Å². The monoisotopic (exact) mass is 530 g/mol. The average Bonchev–Trinajstić information content (AvgIpc) is 3.81. The minimum Gasteiger partial charge on any atom is -0.379 e. The quantitative estimate of drug-likeness (QED) is 0.302. The Bertz CT molecular complexity index is 1530. The molecule has 3 fully saturated rings. The van der Waals surface area contributed by atoms with E-state index in [4.69, 9.17) is 16.6 Å². The van der Waals surface area contributed by atoms with E-state index in [1.807, 2.05) is 42.6 Å². The molecule has 1 saturated heterocycles. The van der Waals surface area contributed by atoms with Crippen LogP contribution in [-0.2, 0) is 11.3 Å². The van der Waals surface area contributed by atoms with Crippen molar-refractivity contribution in [3.8, 4) is 0 Å². The molecule has 0 radical (unpaired) electrons. The van der Waals surface area contributed by atoms with Gasteiger partial charge in [-0.05, 0) is 66.5 Å². The third kappa shape index (κ3) is 4.69. The van der Waals surface area contributed by atoms with Gasteiger partial charge in [0.25, 0.3) is 0 Å². The zero-order valence-electron chi connectivity index (χ0n) is 20.8. The fourth-order valence-corrected chi connectivity index (χ4v) is 5.54. The first-order valence-electron chi connectivity index (χ1n) is 13.2. The highest BCUT2D eigenvalue weighted by Gasteiger charge is 2.44. The SMILES string of the molecule is O=C(Nc1cc(NCc2cn3cc(C4CC4)cc(N4CC(F)C4)c3n2)ccn1)[C@H]1C[C@@H]1c1cccc(Cl)c1. The zero-order valence-corrected chi connectivity index (χ0v) is 21.5. The van der Waals surface area contributed by atoms with Crippen LogP contribution in [0.15, 0.2) is 61.1 Å². The van der Waals surface area contributed by atoms with E-state index in [-0.39, 0.29) is 17.7 Å².